The van der Waals surface area contributed by atoms with Gasteiger partial charge in [0.1, 0.15) is 18.2 Å². The zero-order chi connectivity index (χ0) is 25.6. The van der Waals surface area contributed by atoms with E-state index in [9.17, 15) is 9.18 Å². The molecule has 4 aromatic carbocycles. The number of benzene rings is 4. The number of hydrogen-bond donors (Lipinski definition) is 1. The van der Waals surface area contributed by atoms with Gasteiger partial charge in [-0.3, -0.25) is 0 Å². The lowest BCUT2D eigenvalue weighted by Gasteiger charge is -2.39. The Balaban J connectivity index is 1.41. The Morgan fingerprint density at radius 3 is 2.43 bits per heavy atom. The third-order valence-corrected chi connectivity index (χ3v) is 6.71. The van der Waals surface area contributed by atoms with E-state index in [2.05, 4.69) is 29.2 Å². The average molecular weight is 494 g/mol. The van der Waals surface area contributed by atoms with Crippen LogP contribution in [0.4, 0.5) is 10.1 Å². The highest BCUT2D eigenvalue weighted by atomic mass is 19.1. The summed E-state index contributed by atoms with van der Waals surface area (Å²) in [4.78, 5) is 13.2. The number of carboxylic acids is 1. The maximum atomic E-state index is 13.7. The molecule has 4 nitrogen and oxygen atoms in total. The Hall–Kier alpha value is -4.38. The van der Waals surface area contributed by atoms with Gasteiger partial charge in [0.25, 0.3) is 0 Å². The van der Waals surface area contributed by atoms with Crippen molar-refractivity contribution in [1.29, 1.82) is 0 Å². The molecule has 0 radical (unpaired) electrons. The first-order valence-electron chi connectivity index (χ1n) is 12.4. The summed E-state index contributed by atoms with van der Waals surface area (Å²) in [6, 6.07) is 31.1. The van der Waals surface area contributed by atoms with Crippen molar-refractivity contribution in [1.82, 2.24) is 0 Å². The predicted octanol–water partition coefficient (Wildman–Crippen LogP) is 6.85. The van der Waals surface area contributed by atoms with Gasteiger partial charge >= 0.3 is 5.97 Å². The van der Waals surface area contributed by atoms with Gasteiger partial charge in [-0.2, -0.15) is 0 Å². The quantitative estimate of drug-likeness (QED) is 0.273. The van der Waals surface area contributed by atoms with Crippen LogP contribution in [-0.2, 0) is 24.2 Å². The fraction of sp³-hybridized carbons (Fsp3) is 0.156. The van der Waals surface area contributed by atoms with E-state index in [0.717, 1.165) is 53.6 Å². The van der Waals surface area contributed by atoms with E-state index < -0.39 is 5.97 Å². The second kappa shape index (κ2) is 11.1. The SMILES string of the molecule is O=C(O)C=Cc1ccc(CC2c3ccc(OCc4ccccc4)cc3CCN2c2ccc(F)cc2)cc1. The first-order chi connectivity index (χ1) is 18.0. The van der Waals surface area contributed by atoms with Crippen LogP contribution in [0.3, 0.4) is 0 Å². The molecule has 1 aliphatic rings. The molecular weight excluding hydrogens is 465 g/mol. The minimum absolute atomic E-state index is 0.0674. The minimum Gasteiger partial charge on any atom is -0.489 e. The van der Waals surface area contributed by atoms with Crippen molar-refractivity contribution >= 4 is 17.7 Å². The smallest absolute Gasteiger partial charge is 0.328 e. The number of carbonyl (C=O) groups is 1. The van der Waals surface area contributed by atoms with Crippen molar-refractivity contribution in [2.45, 2.75) is 25.5 Å². The van der Waals surface area contributed by atoms with Crippen LogP contribution in [0.5, 0.6) is 5.75 Å². The first-order valence-corrected chi connectivity index (χ1v) is 12.4. The number of ether oxygens (including phenoxy) is 1. The topological polar surface area (TPSA) is 49.8 Å². The average Bonchev–Trinajstić information content (AvgIpc) is 2.92. The van der Waals surface area contributed by atoms with Gasteiger partial charge in [-0.25, -0.2) is 9.18 Å². The van der Waals surface area contributed by atoms with Crippen molar-refractivity contribution in [2.75, 3.05) is 11.4 Å². The van der Waals surface area contributed by atoms with Crippen molar-refractivity contribution in [3.63, 3.8) is 0 Å². The summed E-state index contributed by atoms with van der Waals surface area (Å²) in [6.07, 6.45) is 4.35. The number of hydrogen-bond acceptors (Lipinski definition) is 3. The molecule has 0 aromatic heterocycles. The van der Waals surface area contributed by atoms with Gasteiger partial charge in [0, 0.05) is 18.3 Å². The molecular formula is C32H28FNO3. The third kappa shape index (κ3) is 6.07. The number of carboxylic acid groups (broad SMARTS) is 1. The number of aliphatic carboxylic acids is 1. The molecule has 1 unspecified atom stereocenters. The summed E-state index contributed by atoms with van der Waals surface area (Å²) < 4.78 is 19.7. The Kier molecular flexibility index (Phi) is 7.31. The van der Waals surface area contributed by atoms with E-state index in [1.165, 1.54) is 23.3 Å². The molecule has 0 saturated carbocycles. The molecule has 5 heteroatoms. The molecule has 0 amide bonds. The van der Waals surface area contributed by atoms with E-state index in [1.54, 1.807) is 6.08 Å². The van der Waals surface area contributed by atoms with Crippen LogP contribution in [0.15, 0.2) is 103 Å². The molecule has 5 rings (SSSR count). The van der Waals surface area contributed by atoms with Crippen LogP contribution in [0, 0.1) is 5.82 Å². The van der Waals surface area contributed by atoms with Crippen LogP contribution in [-0.4, -0.2) is 17.6 Å². The fourth-order valence-electron chi connectivity index (χ4n) is 4.84. The largest absolute Gasteiger partial charge is 0.489 e. The van der Waals surface area contributed by atoms with Crippen LogP contribution >= 0.6 is 0 Å². The van der Waals surface area contributed by atoms with E-state index >= 15 is 0 Å². The van der Waals surface area contributed by atoms with Crippen LogP contribution in [0.2, 0.25) is 0 Å². The lowest BCUT2D eigenvalue weighted by molar-refractivity contribution is -0.131. The summed E-state index contributed by atoms with van der Waals surface area (Å²) in [5, 5.41) is 8.88. The molecule has 1 atom stereocenters. The molecule has 4 aromatic rings. The molecule has 37 heavy (non-hydrogen) atoms. The molecule has 1 N–H and O–H groups in total. The van der Waals surface area contributed by atoms with Crippen molar-refractivity contribution in [3.8, 4) is 5.75 Å². The Labute approximate surface area is 216 Å². The normalized spacial score (nSPS) is 14.9. The van der Waals surface area contributed by atoms with Crippen molar-refractivity contribution < 1.29 is 19.0 Å². The highest BCUT2D eigenvalue weighted by Gasteiger charge is 2.28. The summed E-state index contributed by atoms with van der Waals surface area (Å²) in [5.41, 5.74) is 6.59. The van der Waals surface area contributed by atoms with E-state index in [0.29, 0.717) is 6.61 Å². The van der Waals surface area contributed by atoms with Gasteiger partial charge < -0.3 is 14.7 Å². The molecule has 0 bridgehead atoms. The molecule has 0 aliphatic carbocycles. The van der Waals surface area contributed by atoms with E-state index in [4.69, 9.17) is 9.84 Å². The number of anilines is 1. The minimum atomic E-state index is -0.968. The van der Waals surface area contributed by atoms with Gasteiger partial charge in [-0.05, 0) is 83.1 Å². The molecule has 0 fully saturated rings. The lowest BCUT2D eigenvalue weighted by Crippen LogP contribution is -2.36. The fourth-order valence-corrected chi connectivity index (χ4v) is 4.84. The summed E-state index contributed by atoms with van der Waals surface area (Å²) in [5.74, 6) is -0.362. The molecule has 1 aliphatic heterocycles. The monoisotopic (exact) mass is 493 g/mol. The molecule has 186 valence electrons. The van der Waals surface area contributed by atoms with Crippen LogP contribution in [0.1, 0.15) is 33.9 Å². The molecule has 0 saturated heterocycles. The zero-order valence-corrected chi connectivity index (χ0v) is 20.4. The molecule has 1 heterocycles. The number of halogens is 1. The number of rotatable bonds is 8. The predicted molar refractivity (Wildman–Crippen MR) is 144 cm³/mol. The first kappa shape index (κ1) is 24.3. The number of fused-ring (bicyclic) bond motifs is 1. The maximum Gasteiger partial charge on any atom is 0.328 e. The molecule has 0 spiro atoms. The van der Waals surface area contributed by atoms with E-state index in [-0.39, 0.29) is 11.9 Å². The van der Waals surface area contributed by atoms with Gasteiger partial charge in [0.05, 0.1) is 6.04 Å². The Bertz CT molecular complexity index is 1380. The van der Waals surface area contributed by atoms with Gasteiger partial charge in [0.2, 0.25) is 0 Å². The lowest BCUT2D eigenvalue weighted by atomic mass is 9.88. The van der Waals surface area contributed by atoms with Gasteiger partial charge in [0.15, 0.2) is 0 Å². The third-order valence-electron chi connectivity index (χ3n) is 6.71. The second-order valence-electron chi connectivity index (χ2n) is 9.19. The van der Waals surface area contributed by atoms with Crippen molar-refractivity contribution in [3.05, 3.63) is 137 Å². The van der Waals surface area contributed by atoms with Gasteiger partial charge in [-0.1, -0.05) is 60.7 Å². The highest BCUT2D eigenvalue weighted by molar-refractivity contribution is 5.85. The van der Waals surface area contributed by atoms with Crippen LogP contribution in [0.25, 0.3) is 6.08 Å². The van der Waals surface area contributed by atoms with E-state index in [1.807, 2.05) is 60.7 Å². The van der Waals surface area contributed by atoms with Crippen molar-refractivity contribution in [2.24, 2.45) is 0 Å². The second-order valence-corrected chi connectivity index (χ2v) is 9.19. The van der Waals surface area contributed by atoms with Gasteiger partial charge in [-0.15, -0.1) is 0 Å². The summed E-state index contributed by atoms with van der Waals surface area (Å²) in [6.45, 7) is 1.33. The zero-order valence-electron chi connectivity index (χ0n) is 20.4. The Morgan fingerprint density at radius 2 is 1.70 bits per heavy atom. The summed E-state index contributed by atoms with van der Waals surface area (Å²) >= 11 is 0. The Morgan fingerprint density at radius 1 is 0.946 bits per heavy atom. The standard InChI is InChI=1S/C32H28FNO3/c33-27-11-13-28(14-12-27)34-19-18-26-21-29(37-22-25-4-2-1-3-5-25)15-16-30(26)31(34)20-24-8-6-23(7-9-24)10-17-32(35)36/h1-17,21,31H,18-20,22H2,(H,35,36). The maximum absolute atomic E-state index is 13.7. The summed E-state index contributed by atoms with van der Waals surface area (Å²) in [7, 11) is 0. The highest BCUT2D eigenvalue weighted by Crippen LogP contribution is 2.37. The number of nitrogens with zero attached hydrogens (tertiary/aromatic N) is 1. The van der Waals surface area contributed by atoms with Crippen LogP contribution < -0.4 is 9.64 Å².